The average Bonchev–Trinajstić information content (AvgIpc) is 2.39. The fourth-order valence-corrected chi connectivity index (χ4v) is 2.46. The Bertz CT molecular complexity index is 269. The summed E-state index contributed by atoms with van der Waals surface area (Å²) in [5.74, 6) is -0.134. The molecule has 0 aromatic heterocycles. The smallest absolute Gasteiger partial charge is 0.322 e. The number of piperidine rings is 1. The summed E-state index contributed by atoms with van der Waals surface area (Å²) < 4.78 is 4.86. The number of nitrogens with one attached hydrogen (secondary N) is 1. The second-order valence-corrected chi connectivity index (χ2v) is 6.32. The Labute approximate surface area is 117 Å². The van der Waals surface area contributed by atoms with Gasteiger partial charge in [0.15, 0.2) is 0 Å². The molecule has 0 spiro atoms. The van der Waals surface area contributed by atoms with Gasteiger partial charge in [-0.15, -0.1) is 0 Å². The van der Waals surface area contributed by atoms with Crippen molar-refractivity contribution in [2.24, 2.45) is 5.41 Å². The zero-order chi connectivity index (χ0) is 14.3. The highest BCUT2D eigenvalue weighted by atomic mass is 16.5. The molecule has 1 fully saturated rings. The molecule has 0 radical (unpaired) electrons. The van der Waals surface area contributed by atoms with Crippen LogP contribution < -0.4 is 5.32 Å². The fraction of sp³-hybridized carbons (Fsp3) is 0.933. The lowest BCUT2D eigenvalue weighted by molar-refractivity contribution is -0.143. The van der Waals surface area contributed by atoms with Crippen LogP contribution in [-0.4, -0.2) is 50.2 Å². The maximum Gasteiger partial charge on any atom is 0.322 e. The molecular formula is C15H30N2O2. The molecule has 1 unspecified atom stereocenters. The molecule has 0 amide bonds. The molecule has 4 nitrogen and oxygen atoms in total. The maximum atomic E-state index is 11.7. The quantitative estimate of drug-likeness (QED) is 0.719. The first-order chi connectivity index (χ1) is 8.98. The van der Waals surface area contributed by atoms with Crippen molar-refractivity contribution in [2.75, 3.05) is 33.3 Å². The van der Waals surface area contributed by atoms with Gasteiger partial charge in [-0.3, -0.25) is 4.79 Å². The molecule has 1 aliphatic rings. The second kappa shape index (κ2) is 7.85. The lowest BCUT2D eigenvalue weighted by Gasteiger charge is -2.37. The minimum absolute atomic E-state index is 0.134. The van der Waals surface area contributed by atoms with Crippen LogP contribution in [0.5, 0.6) is 0 Å². The van der Waals surface area contributed by atoms with Crippen LogP contribution in [0.4, 0.5) is 0 Å². The zero-order valence-electron chi connectivity index (χ0n) is 13.0. The van der Waals surface area contributed by atoms with E-state index in [1.165, 1.54) is 20.0 Å². The molecule has 1 N–H and O–H groups in total. The lowest BCUT2D eigenvalue weighted by Crippen LogP contribution is -2.43. The standard InChI is InChI=1S/C15H30N2O2/c1-5-9-16-13(14(18)19-4)6-10-17-11-7-15(2,3)8-12-17/h13,16H,5-12H2,1-4H3. The van der Waals surface area contributed by atoms with E-state index in [9.17, 15) is 4.79 Å². The van der Waals surface area contributed by atoms with E-state index >= 15 is 0 Å². The summed E-state index contributed by atoms with van der Waals surface area (Å²) in [7, 11) is 1.46. The van der Waals surface area contributed by atoms with Crippen LogP contribution in [0.1, 0.15) is 46.5 Å². The first kappa shape index (κ1) is 16.4. The first-order valence-corrected chi connectivity index (χ1v) is 7.52. The fourth-order valence-electron chi connectivity index (χ4n) is 2.46. The van der Waals surface area contributed by atoms with Gasteiger partial charge in [-0.1, -0.05) is 20.8 Å². The number of nitrogens with zero attached hydrogens (tertiary/aromatic N) is 1. The third-order valence-electron chi connectivity index (χ3n) is 4.07. The Kier molecular flexibility index (Phi) is 6.80. The van der Waals surface area contributed by atoms with Crippen molar-refractivity contribution in [3.8, 4) is 0 Å². The van der Waals surface area contributed by atoms with E-state index in [0.29, 0.717) is 5.41 Å². The van der Waals surface area contributed by atoms with E-state index < -0.39 is 0 Å². The third-order valence-corrected chi connectivity index (χ3v) is 4.07. The van der Waals surface area contributed by atoms with E-state index in [4.69, 9.17) is 4.74 Å². The Hall–Kier alpha value is -0.610. The van der Waals surface area contributed by atoms with Crippen LogP contribution in [-0.2, 0) is 9.53 Å². The Morgan fingerprint density at radius 3 is 2.53 bits per heavy atom. The van der Waals surface area contributed by atoms with Gasteiger partial charge in [0.2, 0.25) is 0 Å². The summed E-state index contributed by atoms with van der Waals surface area (Å²) in [6.45, 7) is 10.9. The van der Waals surface area contributed by atoms with Gasteiger partial charge in [-0.25, -0.2) is 0 Å². The van der Waals surface area contributed by atoms with E-state index in [1.807, 2.05) is 0 Å². The number of ether oxygens (including phenoxy) is 1. The summed E-state index contributed by atoms with van der Waals surface area (Å²) >= 11 is 0. The van der Waals surface area contributed by atoms with Crippen LogP contribution in [0.3, 0.4) is 0 Å². The average molecular weight is 270 g/mol. The van der Waals surface area contributed by atoms with Gasteiger partial charge in [0.25, 0.3) is 0 Å². The molecule has 0 aromatic rings. The van der Waals surface area contributed by atoms with Crippen LogP contribution in [0.2, 0.25) is 0 Å². The van der Waals surface area contributed by atoms with E-state index in [0.717, 1.165) is 39.0 Å². The number of hydrogen-bond acceptors (Lipinski definition) is 4. The topological polar surface area (TPSA) is 41.6 Å². The maximum absolute atomic E-state index is 11.7. The highest BCUT2D eigenvalue weighted by Gasteiger charge is 2.26. The second-order valence-electron chi connectivity index (χ2n) is 6.32. The van der Waals surface area contributed by atoms with Crippen molar-refractivity contribution in [1.82, 2.24) is 10.2 Å². The monoisotopic (exact) mass is 270 g/mol. The van der Waals surface area contributed by atoms with Gasteiger partial charge in [0.05, 0.1) is 7.11 Å². The molecular weight excluding hydrogens is 240 g/mol. The Morgan fingerprint density at radius 2 is 2.00 bits per heavy atom. The molecule has 1 atom stereocenters. The molecule has 112 valence electrons. The van der Waals surface area contributed by atoms with Gasteiger partial charge in [-0.05, 0) is 50.7 Å². The molecule has 0 aromatic carbocycles. The van der Waals surface area contributed by atoms with Gasteiger partial charge < -0.3 is 15.0 Å². The van der Waals surface area contributed by atoms with E-state index in [1.54, 1.807) is 0 Å². The Balaban J connectivity index is 2.33. The summed E-state index contributed by atoms with van der Waals surface area (Å²) in [6.07, 6.45) is 4.37. The molecule has 4 heteroatoms. The summed E-state index contributed by atoms with van der Waals surface area (Å²) in [4.78, 5) is 14.2. The van der Waals surface area contributed by atoms with E-state index in [-0.39, 0.29) is 12.0 Å². The molecule has 0 aliphatic carbocycles. The molecule has 0 saturated carbocycles. The summed E-state index contributed by atoms with van der Waals surface area (Å²) in [5, 5.41) is 3.27. The highest BCUT2D eigenvalue weighted by molar-refractivity contribution is 5.75. The van der Waals surface area contributed by atoms with Crippen molar-refractivity contribution >= 4 is 5.97 Å². The minimum Gasteiger partial charge on any atom is -0.468 e. The van der Waals surface area contributed by atoms with E-state index in [2.05, 4.69) is 31.0 Å². The molecule has 1 aliphatic heterocycles. The zero-order valence-corrected chi connectivity index (χ0v) is 13.0. The van der Waals surface area contributed by atoms with Gasteiger partial charge in [-0.2, -0.15) is 0 Å². The van der Waals surface area contributed by atoms with Gasteiger partial charge in [0.1, 0.15) is 6.04 Å². The van der Waals surface area contributed by atoms with Crippen molar-refractivity contribution in [3.05, 3.63) is 0 Å². The number of esters is 1. The minimum atomic E-state index is -0.153. The third kappa shape index (κ3) is 5.91. The van der Waals surface area contributed by atoms with Crippen molar-refractivity contribution in [3.63, 3.8) is 0 Å². The molecule has 1 heterocycles. The highest BCUT2D eigenvalue weighted by Crippen LogP contribution is 2.29. The summed E-state index contributed by atoms with van der Waals surface area (Å²) in [5.41, 5.74) is 0.485. The molecule has 0 bridgehead atoms. The van der Waals surface area contributed by atoms with Gasteiger partial charge >= 0.3 is 5.97 Å². The van der Waals surface area contributed by atoms with Crippen molar-refractivity contribution in [2.45, 2.75) is 52.5 Å². The van der Waals surface area contributed by atoms with Crippen LogP contribution in [0.15, 0.2) is 0 Å². The SMILES string of the molecule is CCCNC(CCN1CCC(C)(C)CC1)C(=O)OC. The predicted molar refractivity (Wildman–Crippen MR) is 78.2 cm³/mol. The van der Waals surface area contributed by atoms with Crippen LogP contribution in [0, 0.1) is 5.41 Å². The summed E-state index contributed by atoms with van der Waals surface area (Å²) in [6, 6.07) is -0.153. The largest absolute Gasteiger partial charge is 0.468 e. The number of likely N-dealkylation sites (tertiary alicyclic amines) is 1. The number of rotatable bonds is 7. The molecule has 1 saturated heterocycles. The number of hydrogen-bond donors (Lipinski definition) is 1. The number of carbonyl (C=O) groups is 1. The predicted octanol–water partition coefficient (Wildman–Crippen LogP) is 2.04. The Morgan fingerprint density at radius 1 is 1.37 bits per heavy atom. The van der Waals surface area contributed by atoms with Gasteiger partial charge in [0, 0.05) is 6.54 Å². The number of methoxy groups -OCH3 is 1. The number of carbonyl (C=O) groups excluding carboxylic acids is 1. The van der Waals surface area contributed by atoms with Crippen LogP contribution in [0.25, 0.3) is 0 Å². The molecule has 19 heavy (non-hydrogen) atoms. The lowest BCUT2D eigenvalue weighted by atomic mass is 9.82. The normalized spacial score (nSPS) is 21.1. The van der Waals surface area contributed by atoms with Crippen LogP contribution >= 0.6 is 0 Å². The first-order valence-electron chi connectivity index (χ1n) is 7.52. The van der Waals surface area contributed by atoms with Crippen molar-refractivity contribution < 1.29 is 9.53 Å². The molecule has 1 rings (SSSR count). The van der Waals surface area contributed by atoms with Crippen molar-refractivity contribution in [1.29, 1.82) is 0 Å².